The maximum absolute atomic E-state index is 13.5. The molecular weight excluding hydrogens is 591 g/mol. The van der Waals surface area contributed by atoms with Crippen molar-refractivity contribution in [3.05, 3.63) is 94.6 Å². The summed E-state index contributed by atoms with van der Waals surface area (Å²) in [6.07, 6.45) is -0.443. The number of rotatable bonds is 12. The third kappa shape index (κ3) is 7.45. The number of fused-ring (bicyclic) bond motifs is 1. The lowest BCUT2D eigenvalue weighted by Gasteiger charge is -2.32. The maximum Gasteiger partial charge on any atom is 0.416 e. The van der Waals surface area contributed by atoms with Gasteiger partial charge in [-0.2, -0.15) is 13.2 Å². The largest absolute Gasteiger partial charge is 0.508 e. The number of esters is 1. The number of alkyl halides is 3. The minimum atomic E-state index is -4.52. The van der Waals surface area contributed by atoms with E-state index in [0.29, 0.717) is 22.3 Å². The van der Waals surface area contributed by atoms with Crippen molar-refractivity contribution in [2.24, 2.45) is 0 Å². The summed E-state index contributed by atoms with van der Waals surface area (Å²) in [6.45, 7) is 17.7. The molecule has 0 radical (unpaired) electrons. The number of unbranched alkanes of at least 4 members (excludes halogenated alkanes) is 2. The van der Waals surface area contributed by atoms with Crippen LogP contribution in [0.2, 0.25) is 0 Å². The van der Waals surface area contributed by atoms with Gasteiger partial charge in [-0.1, -0.05) is 91.6 Å². The molecule has 9 heteroatoms. The molecule has 3 aromatic carbocycles. The van der Waals surface area contributed by atoms with E-state index in [0.717, 1.165) is 54.5 Å². The van der Waals surface area contributed by atoms with Crippen LogP contribution in [-0.4, -0.2) is 32.7 Å². The zero-order valence-corrected chi connectivity index (χ0v) is 27.8. The van der Waals surface area contributed by atoms with E-state index in [-0.39, 0.29) is 29.2 Å². The zero-order chi connectivity index (χ0) is 34.0. The van der Waals surface area contributed by atoms with Crippen molar-refractivity contribution in [3.63, 3.8) is 0 Å². The molecule has 4 aromatic rings. The Morgan fingerprint density at radius 1 is 0.957 bits per heavy atom. The van der Waals surface area contributed by atoms with Crippen molar-refractivity contribution in [3.8, 4) is 11.4 Å². The molecule has 1 unspecified atom stereocenters. The zero-order valence-electron chi connectivity index (χ0n) is 27.8. The predicted octanol–water partition coefficient (Wildman–Crippen LogP) is 9.55. The number of carbonyl (C=O) groups is 1. The molecule has 1 heterocycles. The van der Waals surface area contributed by atoms with Crippen LogP contribution in [0.25, 0.3) is 16.7 Å². The van der Waals surface area contributed by atoms with Gasteiger partial charge in [-0.05, 0) is 65.8 Å². The molecule has 0 saturated heterocycles. The van der Waals surface area contributed by atoms with Crippen molar-refractivity contribution < 1.29 is 27.8 Å². The van der Waals surface area contributed by atoms with E-state index in [2.05, 4.69) is 37.5 Å². The summed E-state index contributed by atoms with van der Waals surface area (Å²) in [5.41, 5.74) is 2.57. The van der Waals surface area contributed by atoms with E-state index in [1.54, 1.807) is 13.0 Å². The molecule has 0 aliphatic rings. The van der Waals surface area contributed by atoms with Gasteiger partial charge in [0.25, 0.3) is 0 Å². The minimum absolute atomic E-state index is 0.0484. The molecule has 0 amide bonds. The second-order valence-corrected chi connectivity index (χ2v) is 13.5. The first-order valence-electron chi connectivity index (χ1n) is 15.7. The van der Waals surface area contributed by atoms with Crippen LogP contribution in [0, 0.1) is 0 Å². The lowest BCUT2D eigenvalue weighted by atomic mass is 9.73. The molecule has 0 aliphatic heterocycles. The summed E-state index contributed by atoms with van der Waals surface area (Å²) < 4.78 is 45.9. The fourth-order valence-electron chi connectivity index (χ4n) is 5.76. The van der Waals surface area contributed by atoms with Crippen LogP contribution in [0.1, 0.15) is 108 Å². The Bertz CT molecular complexity index is 1740. The first kappa shape index (κ1) is 34.7. The Morgan fingerprint density at radius 2 is 1.65 bits per heavy atom. The smallest absolute Gasteiger partial charge is 0.416 e. The number of hydrogen-bond donors (Lipinski definition) is 1. The molecule has 46 heavy (non-hydrogen) atoms. The Hall–Kier alpha value is -4.14. The van der Waals surface area contributed by atoms with Crippen LogP contribution in [0.3, 0.4) is 0 Å². The molecule has 6 nitrogen and oxygen atoms in total. The lowest BCUT2D eigenvalue weighted by molar-refractivity contribution is -0.139. The number of phenolic OH excluding ortho intramolecular Hbond substituents is 1. The molecule has 1 N–H and O–H groups in total. The van der Waals surface area contributed by atoms with Crippen LogP contribution in [-0.2, 0) is 26.5 Å². The number of benzene rings is 3. The van der Waals surface area contributed by atoms with Gasteiger partial charge < -0.3 is 9.84 Å². The topological polar surface area (TPSA) is 77.2 Å². The molecule has 0 saturated carbocycles. The van der Waals surface area contributed by atoms with Gasteiger partial charge in [-0.15, -0.1) is 15.0 Å². The first-order chi connectivity index (χ1) is 21.5. The van der Waals surface area contributed by atoms with Crippen LogP contribution in [0.4, 0.5) is 13.2 Å². The molecule has 4 rings (SSSR count). The van der Waals surface area contributed by atoms with Crippen LogP contribution >= 0.6 is 0 Å². The molecule has 246 valence electrons. The highest BCUT2D eigenvalue weighted by Gasteiger charge is 2.34. The number of ether oxygens (including phenoxy) is 1. The van der Waals surface area contributed by atoms with Crippen molar-refractivity contribution in [1.82, 2.24) is 15.0 Å². The fraction of sp³-hybridized carbons (Fsp3) is 0.432. The normalized spacial score (nSPS) is 13.2. The number of halogens is 3. The Morgan fingerprint density at radius 3 is 2.30 bits per heavy atom. The maximum atomic E-state index is 13.5. The van der Waals surface area contributed by atoms with Gasteiger partial charge in [-0.25, -0.2) is 4.79 Å². The molecule has 1 aromatic heterocycles. The van der Waals surface area contributed by atoms with Crippen molar-refractivity contribution in [1.29, 1.82) is 0 Å². The minimum Gasteiger partial charge on any atom is -0.508 e. The Balaban J connectivity index is 1.86. The van der Waals surface area contributed by atoms with Crippen molar-refractivity contribution in [2.75, 3.05) is 6.61 Å². The number of phenols is 1. The number of hydrogen-bond acceptors (Lipinski definition) is 5. The van der Waals surface area contributed by atoms with E-state index >= 15 is 0 Å². The number of carbonyl (C=O) groups excluding carboxylic acids is 1. The van der Waals surface area contributed by atoms with Gasteiger partial charge in [0.2, 0.25) is 0 Å². The molecule has 0 fully saturated rings. The number of aromatic nitrogens is 3. The second kappa shape index (κ2) is 13.3. The lowest BCUT2D eigenvalue weighted by Crippen LogP contribution is -2.25. The van der Waals surface area contributed by atoms with Crippen molar-refractivity contribution in [2.45, 2.75) is 97.1 Å². The van der Waals surface area contributed by atoms with E-state index in [4.69, 9.17) is 4.74 Å². The van der Waals surface area contributed by atoms with Crippen LogP contribution in [0.15, 0.2) is 66.7 Å². The summed E-state index contributed by atoms with van der Waals surface area (Å²) >= 11 is 0. The molecule has 0 bridgehead atoms. The Labute approximate surface area is 269 Å². The Kier molecular flexibility index (Phi) is 10.0. The van der Waals surface area contributed by atoms with Gasteiger partial charge in [0.15, 0.2) is 0 Å². The summed E-state index contributed by atoms with van der Waals surface area (Å²) in [7, 11) is 0. The van der Waals surface area contributed by atoms with Gasteiger partial charge in [0, 0.05) is 22.5 Å². The number of nitrogens with zero attached hydrogens (tertiary/aromatic N) is 3. The predicted molar refractivity (Wildman–Crippen MR) is 175 cm³/mol. The summed E-state index contributed by atoms with van der Waals surface area (Å²) in [5.74, 6) is -0.511. The second-order valence-electron chi connectivity index (χ2n) is 13.5. The SMILES string of the molecule is C=C(C)C(=O)OCC(C)c1cccc(C(C)(C)c2c(O)cc(C(C)(C)CCCCC)cc2-n2nc3ccc(C(F)(F)F)cc3n2)c1. The highest BCUT2D eigenvalue weighted by atomic mass is 19.4. The van der Waals surface area contributed by atoms with E-state index in [9.17, 15) is 23.1 Å². The average Bonchev–Trinajstić information content (AvgIpc) is 3.42. The number of aromatic hydroxyl groups is 1. The standard InChI is InChI=1S/C37H44F3N3O3/c1-9-10-11-17-35(5,6)28-20-31(43-41-29-16-15-27(37(38,39)40)19-30(29)42-43)33(32(44)21-28)36(7,8)26-14-12-13-25(18-26)24(4)22-46-34(45)23(2)3/h12-16,18-21,24,44H,2,9-11,17,22H2,1,3-8H3. The first-order valence-corrected chi connectivity index (χ1v) is 15.7. The monoisotopic (exact) mass is 635 g/mol. The molecule has 1 atom stereocenters. The highest BCUT2D eigenvalue weighted by Crippen LogP contribution is 2.44. The van der Waals surface area contributed by atoms with Gasteiger partial charge in [-0.3, -0.25) is 0 Å². The summed E-state index contributed by atoms with van der Waals surface area (Å²) in [4.78, 5) is 13.3. The van der Waals surface area contributed by atoms with Gasteiger partial charge in [0.05, 0.1) is 17.9 Å². The molecule has 0 spiro atoms. The third-order valence-electron chi connectivity index (χ3n) is 8.82. The van der Waals surface area contributed by atoms with Gasteiger partial charge in [0.1, 0.15) is 16.8 Å². The van der Waals surface area contributed by atoms with E-state index in [1.165, 1.54) is 10.9 Å². The van der Waals surface area contributed by atoms with E-state index < -0.39 is 23.1 Å². The summed E-state index contributed by atoms with van der Waals surface area (Å²) in [6, 6.07) is 14.9. The molecular formula is C37H44F3N3O3. The van der Waals surface area contributed by atoms with Crippen LogP contribution < -0.4 is 0 Å². The highest BCUT2D eigenvalue weighted by molar-refractivity contribution is 5.86. The van der Waals surface area contributed by atoms with Crippen molar-refractivity contribution >= 4 is 17.0 Å². The third-order valence-corrected chi connectivity index (χ3v) is 8.82. The summed E-state index contributed by atoms with van der Waals surface area (Å²) in [5, 5.41) is 20.9. The average molecular weight is 636 g/mol. The van der Waals surface area contributed by atoms with E-state index in [1.807, 2.05) is 51.1 Å². The van der Waals surface area contributed by atoms with Crippen LogP contribution in [0.5, 0.6) is 5.75 Å². The molecule has 0 aliphatic carbocycles. The van der Waals surface area contributed by atoms with Gasteiger partial charge >= 0.3 is 12.1 Å². The quantitative estimate of drug-likeness (QED) is 0.0953. The fourth-order valence-corrected chi connectivity index (χ4v) is 5.76.